The molecule has 23 heavy (non-hydrogen) atoms. The van der Waals surface area contributed by atoms with E-state index >= 15 is 0 Å². The van der Waals surface area contributed by atoms with Crippen LogP contribution in [0.2, 0.25) is 0 Å². The molecule has 0 aliphatic heterocycles. The number of amides is 1. The van der Waals surface area contributed by atoms with Crippen molar-refractivity contribution in [3.63, 3.8) is 0 Å². The van der Waals surface area contributed by atoms with Gasteiger partial charge in [0.1, 0.15) is 0 Å². The van der Waals surface area contributed by atoms with Crippen molar-refractivity contribution in [3.8, 4) is 6.07 Å². The fourth-order valence-corrected chi connectivity index (χ4v) is 2.49. The van der Waals surface area contributed by atoms with Crippen LogP contribution in [0.4, 0.5) is 11.4 Å². The largest absolute Gasteiger partial charge is 0.322 e. The third-order valence-corrected chi connectivity index (χ3v) is 3.53. The van der Waals surface area contributed by atoms with Crippen LogP contribution in [-0.4, -0.2) is 20.6 Å². The first-order valence-electron chi connectivity index (χ1n) is 6.72. The zero-order valence-electron chi connectivity index (χ0n) is 12.4. The van der Waals surface area contributed by atoms with E-state index in [1.54, 1.807) is 42.5 Å². The molecule has 1 amide bonds. The van der Waals surface area contributed by atoms with Gasteiger partial charge >= 0.3 is 0 Å². The Labute approximate surface area is 134 Å². The molecule has 0 saturated carbocycles. The number of carbonyl (C=O) groups excluding carboxylic acids is 1. The number of hydrogen-bond donors (Lipinski definition) is 2. The van der Waals surface area contributed by atoms with Crippen LogP contribution in [0.3, 0.4) is 0 Å². The lowest BCUT2D eigenvalue weighted by Gasteiger charge is -2.08. The van der Waals surface area contributed by atoms with E-state index < -0.39 is 10.0 Å². The Morgan fingerprint density at radius 2 is 1.83 bits per heavy atom. The van der Waals surface area contributed by atoms with Crippen LogP contribution in [-0.2, 0) is 16.4 Å². The highest BCUT2D eigenvalue weighted by Gasteiger charge is 2.08. The molecule has 0 heterocycles. The number of nitriles is 1. The monoisotopic (exact) mass is 329 g/mol. The van der Waals surface area contributed by atoms with E-state index in [0.29, 0.717) is 23.4 Å². The number of benzene rings is 2. The van der Waals surface area contributed by atoms with E-state index in [9.17, 15) is 13.2 Å². The summed E-state index contributed by atoms with van der Waals surface area (Å²) < 4.78 is 24.8. The number of sulfonamides is 1. The maximum absolute atomic E-state index is 12.2. The highest BCUT2D eigenvalue weighted by atomic mass is 32.2. The van der Waals surface area contributed by atoms with Gasteiger partial charge in [0.25, 0.3) is 5.91 Å². The topological polar surface area (TPSA) is 99.1 Å². The van der Waals surface area contributed by atoms with Crippen LogP contribution in [0.25, 0.3) is 0 Å². The summed E-state index contributed by atoms with van der Waals surface area (Å²) in [4.78, 5) is 12.2. The first-order chi connectivity index (χ1) is 10.9. The van der Waals surface area contributed by atoms with E-state index in [0.717, 1.165) is 11.8 Å². The molecule has 0 radical (unpaired) electrons. The summed E-state index contributed by atoms with van der Waals surface area (Å²) in [5.74, 6) is -0.352. The minimum absolute atomic E-state index is 0.313. The molecule has 118 valence electrons. The van der Waals surface area contributed by atoms with Gasteiger partial charge in [0.2, 0.25) is 10.0 Å². The quantitative estimate of drug-likeness (QED) is 0.879. The Balaban J connectivity index is 2.11. The fourth-order valence-electron chi connectivity index (χ4n) is 1.94. The molecule has 0 aliphatic rings. The third-order valence-electron chi connectivity index (χ3n) is 2.92. The molecule has 2 rings (SSSR count). The maximum atomic E-state index is 12.2. The average Bonchev–Trinajstić information content (AvgIpc) is 2.48. The lowest BCUT2D eigenvalue weighted by Crippen LogP contribution is -2.13. The fraction of sp³-hybridized carbons (Fsp3) is 0.125. The third kappa shape index (κ3) is 5.13. The van der Waals surface area contributed by atoms with Crippen molar-refractivity contribution in [2.24, 2.45) is 0 Å². The molecule has 7 heteroatoms. The first kappa shape index (κ1) is 16.5. The van der Waals surface area contributed by atoms with E-state index in [1.165, 1.54) is 6.07 Å². The lowest BCUT2D eigenvalue weighted by molar-refractivity contribution is 0.102. The second-order valence-corrected chi connectivity index (χ2v) is 6.69. The highest BCUT2D eigenvalue weighted by Crippen LogP contribution is 2.15. The smallest absolute Gasteiger partial charge is 0.255 e. The summed E-state index contributed by atoms with van der Waals surface area (Å²) in [6, 6.07) is 15.2. The summed E-state index contributed by atoms with van der Waals surface area (Å²) in [7, 11) is -3.40. The van der Waals surface area contributed by atoms with Crippen LogP contribution in [0, 0.1) is 11.3 Å². The molecule has 0 saturated heterocycles. The van der Waals surface area contributed by atoms with Crippen LogP contribution in [0.15, 0.2) is 48.5 Å². The molecule has 6 nitrogen and oxygen atoms in total. The molecule has 0 bridgehead atoms. The summed E-state index contributed by atoms with van der Waals surface area (Å²) in [6.45, 7) is 0. The molecule has 2 aromatic carbocycles. The van der Waals surface area contributed by atoms with Gasteiger partial charge in [-0.25, -0.2) is 8.42 Å². The number of nitrogens with one attached hydrogen (secondary N) is 2. The lowest BCUT2D eigenvalue weighted by atomic mass is 10.1. The molecule has 0 fully saturated rings. The number of nitrogens with zero attached hydrogens (tertiary/aromatic N) is 1. The molecule has 0 aliphatic carbocycles. The Kier molecular flexibility index (Phi) is 4.98. The standard InChI is InChI=1S/C16H15N3O3S/c1-23(21,22)19-15-4-2-3-13(11-15)16(20)18-14-7-5-12(6-8-14)9-10-17/h2-8,11,19H,9H2,1H3,(H,18,20). The van der Waals surface area contributed by atoms with Gasteiger partial charge in [-0.15, -0.1) is 0 Å². The Morgan fingerprint density at radius 3 is 2.43 bits per heavy atom. The zero-order valence-corrected chi connectivity index (χ0v) is 13.2. The van der Waals surface area contributed by atoms with E-state index in [4.69, 9.17) is 5.26 Å². The Morgan fingerprint density at radius 1 is 1.13 bits per heavy atom. The predicted molar refractivity (Wildman–Crippen MR) is 88.6 cm³/mol. The second kappa shape index (κ2) is 6.94. The molecule has 0 aromatic heterocycles. The molecule has 2 aromatic rings. The first-order valence-corrected chi connectivity index (χ1v) is 8.61. The summed E-state index contributed by atoms with van der Waals surface area (Å²) in [6.07, 6.45) is 1.36. The van der Waals surface area contributed by atoms with Gasteiger partial charge in [0, 0.05) is 16.9 Å². The minimum Gasteiger partial charge on any atom is -0.322 e. The van der Waals surface area contributed by atoms with E-state index in [1.807, 2.05) is 0 Å². The number of carbonyl (C=O) groups is 1. The number of hydrogen-bond acceptors (Lipinski definition) is 4. The van der Waals surface area contributed by atoms with Gasteiger partial charge < -0.3 is 5.32 Å². The normalized spacial score (nSPS) is 10.6. The van der Waals surface area contributed by atoms with Gasteiger partial charge in [0.05, 0.1) is 18.7 Å². The molecular formula is C16H15N3O3S. The van der Waals surface area contributed by atoms with Crippen molar-refractivity contribution < 1.29 is 13.2 Å². The minimum atomic E-state index is -3.40. The maximum Gasteiger partial charge on any atom is 0.255 e. The Hall–Kier alpha value is -2.85. The molecule has 0 atom stereocenters. The van der Waals surface area contributed by atoms with Gasteiger partial charge in [0.15, 0.2) is 0 Å². The van der Waals surface area contributed by atoms with Gasteiger partial charge in [-0.2, -0.15) is 5.26 Å². The van der Waals surface area contributed by atoms with E-state index in [-0.39, 0.29) is 5.91 Å². The number of rotatable bonds is 5. The van der Waals surface area contributed by atoms with Crippen molar-refractivity contribution >= 4 is 27.3 Å². The molecule has 2 N–H and O–H groups in total. The SMILES string of the molecule is CS(=O)(=O)Nc1cccc(C(=O)Nc2ccc(CC#N)cc2)c1. The zero-order chi connectivity index (χ0) is 16.9. The molecular weight excluding hydrogens is 314 g/mol. The predicted octanol–water partition coefficient (Wildman–Crippen LogP) is 2.38. The highest BCUT2D eigenvalue weighted by molar-refractivity contribution is 7.92. The van der Waals surface area contributed by atoms with Crippen molar-refractivity contribution in [1.29, 1.82) is 5.26 Å². The van der Waals surface area contributed by atoms with Crippen molar-refractivity contribution in [1.82, 2.24) is 0 Å². The summed E-state index contributed by atoms with van der Waals surface area (Å²) in [5, 5.41) is 11.3. The number of anilines is 2. The van der Waals surface area contributed by atoms with Crippen LogP contribution in [0.5, 0.6) is 0 Å². The van der Waals surface area contributed by atoms with Gasteiger partial charge in [-0.05, 0) is 35.9 Å². The van der Waals surface area contributed by atoms with Crippen LogP contribution in [0.1, 0.15) is 15.9 Å². The second-order valence-electron chi connectivity index (χ2n) is 4.94. The average molecular weight is 329 g/mol. The van der Waals surface area contributed by atoms with E-state index in [2.05, 4.69) is 16.1 Å². The van der Waals surface area contributed by atoms with Crippen molar-refractivity contribution in [3.05, 3.63) is 59.7 Å². The molecule has 0 spiro atoms. The summed E-state index contributed by atoms with van der Waals surface area (Å²) >= 11 is 0. The molecule has 0 unspecified atom stereocenters. The summed E-state index contributed by atoms with van der Waals surface area (Å²) in [5.41, 5.74) is 2.12. The van der Waals surface area contributed by atoms with Crippen molar-refractivity contribution in [2.45, 2.75) is 6.42 Å². The van der Waals surface area contributed by atoms with Gasteiger partial charge in [-0.3, -0.25) is 9.52 Å². The van der Waals surface area contributed by atoms with Gasteiger partial charge in [-0.1, -0.05) is 18.2 Å². The Bertz CT molecular complexity index is 853. The van der Waals surface area contributed by atoms with Crippen LogP contribution >= 0.6 is 0 Å². The van der Waals surface area contributed by atoms with Crippen LogP contribution < -0.4 is 10.0 Å². The van der Waals surface area contributed by atoms with Crippen molar-refractivity contribution in [2.75, 3.05) is 16.3 Å².